The van der Waals surface area contributed by atoms with Gasteiger partial charge in [0.2, 0.25) is 11.9 Å². The molecule has 0 aliphatic rings. The Morgan fingerprint density at radius 2 is 1.54 bits per heavy atom. The molecule has 6 aromatic rings. The van der Waals surface area contributed by atoms with Crippen molar-refractivity contribution in [2.75, 3.05) is 36.6 Å². The molecule has 0 spiro atoms. The minimum absolute atomic E-state index is 0.135. The number of fused-ring (bicyclic) bond motifs is 1. The third-order valence-corrected chi connectivity index (χ3v) is 6.90. The van der Waals surface area contributed by atoms with E-state index in [2.05, 4.69) is 20.9 Å². The lowest BCUT2D eigenvalue weighted by molar-refractivity contribution is -0.116. The lowest BCUT2D eigenvalue weighted by Crippen LogP contribution is -2.27. The molecule has 2 amide bonds. The molecule has 3 aromatic heterocycles. The van der Waals surface area contributed by atoms with E-state index >= 15 is 0 Å². The highest BCUT2D eigenvalue weighted by Crippen LogP contribution is 2.35. The molecule has 10 nitrogen and oxygen atoms in total. The topological polar surface area (TPSA) is 117 Å². The first-order valence-corrected chi connectivity index (χ1v) is 14.2. The summed E-state index contributed by atoms with van der Waals surface area (Å²) in [5.74, 6) is -2.63. The highest BCUT2D eigenvalue weighted by Gasteiger charge is 2.20. The molecule has 0 unspecified atom stereocenters. The highest BCUT2D eigenvalue weighted by atomic mass is 19.1. The number of aromatic nitrogens is 4. The molecule has 0 fully saturated rings. The number of pyridine rings is 1. The van der Waals surface area contributed by atoms with Crippen LogP contribution in [0.3, 0.4) is 0 Å². The van der Waals surface area contributed by atoms with Crippen LogP contribution in [0.4, 0.5) is 31.8 Å². The third kappa shape index (κ3) is 6.56. The van der Waals surface area contributed by atoms with E-state index in [1.165, 1.54) is 6.07 Å². The summed E-state index contributed by atoms with van der Waals surface area (Å²) in [5, 5.41) is 13.5. The van der Waals surface area contributed by atoms with Crippen molar-refractivity contribution >= 4 is 40.3 Å². The number of carbonyl (C=O) groups is 2. The lowest BCUT2D eigenvalue weighted by Gasteiger charge is -2.12. The van der Waals surface area contributed by atoms with Gasteiger partial charge in [-0.3, -0.25) is 9.59 Å². The number of carbonyl (C=O) groups excluding carboxylic acids is 2. The summed E-state index contributed by atoms with van der Waals surface area (Å²) in [6.45, 7) is 0.254. The van der Waals surface area contributed by atoms with Crippen LogP contribution < -0.4 is 16.0 Å². The molecule has 46 heavy (non-hydrogen) atoms. The smallest absolute Gasteiger partial charge is 0.261 e. The van der Waals surface area contributed by atoms with Crippen molar-refractivity contribution in [3.8, 4) is 22.5 Å². The first-order valence-electron chi connectivity index (χ1n) is 14.2. The van der Waals surface area contributed by atoms with Gasteiger partial charge >= 0.3 is 0 Å². The van der Waals surface area contributed by atoms with E-state index in [0.717, 1.165) is 17.6 Å². The summed E-state index contributed by atoms with van der Waals surface area (Å²) < 4.78 is 30.2. The zero-order valence-electron chi connectivity index (χ0n) is 24.8. The SMILES string of the molecule is CN(C)CC(=O)Nc1cccc(Nc2nccc(-c3c(-c4cccc(NC(=O)c5c(F)cccc5F)c4)nn4ccccc34)n2)c1. The van der Waals surface area contributed by atoms with Crippen LogP contribution in [-0.2, 0) is 4.79 Å². The maximum Gasteiger partial charge on any atom is 0.261 e. The van der Waals surface area contributed by atoms with Gasteiger partial charge < -0.3 is 20.9 Å². The molecule has 0 bridgehead atoms. The van der Waals surface area contributed by atoms with Crippen molar-refractivity contribution in [3.63, 3.8) is 0 Å². The van der Waals surface area contributed by atoms with E-state index in [0.29, 0.717) is 45.5 Å². The molecule has 6 rings (SSSR count). The second-order valence-electron chi connectivity index (χ2n) is 10.6. The lowest BCUT2D eigenvalue weighted by atomic mass is 10.0. The van der Waals surface area contributed by atoms with Crippen LogP contribution in [0.25, 0.3) is 28.0 Å². The second kappa shape index (κ2) is 12.9. The van der Waals surface area contributed by atoms with Gasteiger partial charge in [-0.05, 0) is 74.8 Å². The molecule has 0 saturated heterocycles. The summed E-state index contributed by atoms with van der Waals surface area (Å²) in [5.41, 5.74) is 4.23. The van der Waals surface area contributed by atoms with Gasteiger partial charge in [0.25, 0.3) is 5.91 Å². The largest absolute Gasteiger partial charge is 0.325 e. The van der Waals surface area contributed by atoms with E-state index in [4.69, 9.17) is 10.1 Å². The number of halogens is 2. The Balaban J connectivity index is 1.32. The molecule has 0 aliphatic heterocycles. The Hall–Kier alpha value is -6.01. The van der Waals surface area contributed by atoms with Gasteiger partial charge in [-0.1, -0.05) is 30.3 Å². The number of hydrogen-bond donors (Lipinski definition) is 3. The molecule has 0 aliphatic carbocycles. The Morgan fingerprint density at radius 1 is 0.826 bits per heavy atom. The molecular weight excluding hydrogens is 590 g/mol. The minimum Gasteiger partial charge on any atom is -0.325 e. The number of likely N-dealkylation sites (N-methyl/N-ethyl adjacent to an activating group) is 1. The molecule has 3 heterocycles. The number of anilines is 4. The average Bonchev–Trinajstić information content (AvgIpc) is 3.41. The third-order valence-electron chi connectivity index (χ3n) is 6.90. The standard InChI is InChI=1S/C34H28F2N8O2/c1-43(2)20-29(45)38-23-10-6-11-24(19-23)40-34-37-16-15-27(41-34)31-28-14-3-4-17-44(28)42-32(31)21-8-5-9-22(18-21)39-33(46)30-25(35)12-7-13-26(30)36/h3-19H,20H2,1-2H3,(H,38,45)(H,39,46)(H,37,40,41). The Kier molecular flexibility index (Phi) is 8.44. The number of nitrogens with one attached hydrogen (secondary N) is 3. The van der Waals surface area contributed by atoms with E-state index in [1.54, 1.807) is 52.0 Å². The summed E-state index contributed by atoms with van der Waals surface area (Å²) >= 11 is 0. The van der Waals surface area contributed by atoms with Crippen LogP contribution in [-0.4, -0.2) is 56.9 Å². The number of benzene rings is 3. The zero-order chi connectivity index (χ0) is 32.2. The second-order valence-corrected chi connectivity index (χ2v) is 10.6. The predicted molar refractivity (Wildman–Crippen MR) is 173 cm³/mol. The molecule has 3 aromatic carbocycles. The summed E-state index contributed by atoms with van der Waals surface area (Å²) in [7, 11) is 3.64. The quantitative estimate of drug-likeness (QED) is 0.176. The van der Waals surface area contributed by atoms with Crippen LogP contribution in [0.5, 0.6) is 0 Å². The molecule has 3 N–H and O–H groups in total. The van der Waals surface area contributed by atoms with Crippen molar-refractivity contribution in [1.82, 2.24) is 24.5 Å². The molecular formula is C34H28F2N8O2. The van der Waals surface area contributed by atoms with Crippen molar-refractivity contribution in [1.29, 1.82) is 0 Å². The summed E-state index contributed by atoms with van der Waals surface area (Å²) in [6, 6.07) is 24.8. The van der Waals surface area contributed by atoms with Crippen LogP contribution in [0.2, 0.25) is 0 Å². The highest BCUT2D eigenvalue weighted by molar-refractivity contribution is 6.05. The predicted octanol–water partition coefficient (Wildman–Crippen LogP) is 6.23. The monoisotopic (exact) mass is 618 g/mol. The van der Waals surface area contributed by atoms with Gasteiger partial charge in [0.05, 0.1) is 23.3 Å². The molecule has 0 saturated carbocycles. The van der Waals surface area contributed by atoms with Crippen LogP contribution >= 0.6 is 0 Å². The Morgan fingerprint density at radius 3 is 2.33 bits per heavy atom. The zero-order valence-corrected chi connectivity index (χ0v) is 24.8. The van der Waals surface area contributed by atoms with E-state index < -0.39 is 23.1 Å². The fourth-order valence-electron chi connectivity index (χ4n) is 4.96. The summed E-state index contributed by atoms with van der Waals surface area (Å²) in [4.78, 5) is 36.0. The van der Waals surface area contributed by atoms with Gasteiger partial charge in [-0.15, -0.1) is 0 Å². The number of amides is 2. The number of rotatable bonds is 9. The average molecular weight is 619 g/mol. The molecule has 230 valence electrons. The minimum atomic E-state index is -0.953. The van der Waals surface area contributed by atoms with Crippen molar-refractivity contribution in [3.05, 3.63) is 121 Å². The van der Waals surface area contributed by atoms with Gasteiger partial charge in [0.1, 0.15) is 22.9 Å². The Bertz CT molecular complexity index is 2060. The van der Waals surface area contributed by atoms with E-state index in [-0.39, 0.29) is 12.5 Å². The van der Waals surface area contributed by atoms with Gasteiger partial charge in [0.15, 0.2) is 0 Å². The normalized spacial score (nSPS) is 11.1. The molecule has 12 heteroatoms. The first kappa shape index (κ1) is 30.0. The first-order chi connectivity index (χ1) is 22.2. The number of hydrogen-bond acceptors (Lipinski definition) is 7. The van der Waals surface area contributed by atoms with Crippen LogP contribution in [0, 0.1) is 11.6 Å². The molecule has 0 radical (unpaired) electrons. The van der Waals surface area contributed by atoms with Gasteiger partial charge in [-0.25, -0.2) is 23.3 Å². The Labute approximate surface area is 262 Å². The summed E-state index contributed by atoms with van der Waals surface area (Å²) in [6.07, 6.45) is 3.44. The van der Waals surface area contributed by atoms with E-state index in [1.807, 2.05) is 56.7 Å². The van der Waals surface area contributed by atoms with Gasteiger partial charge in [-0.2, -0.15) is 5.10 Å². The number of nitrogens with zero attached hydrogens (tertiary/aromatic N) is 5. The van der Waals surface area contributed by atoms with Crippen LogP contribution in [0.1, 0.15) is 10.4 Å². The maximum absolute atomic E-state index is 14.2. The molecule has 0 atom stereocenters. The fraction of sp³-hybridized carbons (Fsp3) is 0.0882. The van der Waals surface area contributed by atoms with Crippen molar-refractivity contribution in [2.24, 2.45) is 0 Å². The van der Waals surface area contributed by atoms with Crippen molar-refractivity contribution in [2.45, 2.75) is 0 Å². The fourth-order valence-corrected chi connectivity index (χ4v) is 4.96. The van der Waals surface area contributed by atoms with Gasteiger partial charge in [0, 0.05) is 35.0 Å². The van der Waals surface area contributed by atoms with Crippen molar-refractivity contribution < 1.29 is 18.4 Å². The maximum atomic E-state index is 14.2. The van der Waals surface area contributed by atoms with Crippen LogP contribution in [0.15, 0.2) is 103 Å². The van der Waals surface area contributed by atoms with E-state index in [9.17, 15) is 18.4 Å².